The fourth-order valence-corrected chi connectivity index (χ4v) is 10.6. The first-order valence-corrected chi connectivity index (χ1v) is 30.2. The van der Waals surface area contributed by atoms with Crippen molar-refractivity contribution < 1.29 is 57.4 Å². The number of aromatic nitrogens is 8. The number of imidazole rings is 2. The Balaban J connectivity index is 0.662. The molecule has 1 aromatic carbocycles. The predicted octanol–water partition coefficient (Wildman–Crippen LogP) is 3.59. The minimum absolute atomic E-state index is 0.0364. The number of aryl methyl sites for hydroxylation is 6. The van der Waals surface area contributed by atoms with Gasteiger partial charge in [-0.2, -0.15) is 0 Å². The normalized spacial score (nSPS) is 13.1. The van der Waals surface area contributed by atoms with Crippen molar-refractivity contribution >= 4 is 105 Å². The molecule has 9 rings (SSSR count). The number of benzene rings is 1. The molecule has 9 N–H and O–H groups in total. The fraction of sp³-hybridized carbons (Fsp3) is 0.371. The average Bonchev–Trinajstić information content (AvgIpc) is 1.56. The summed E-state index contributed by atoms with van der Waals surface area (Å²) in [5, 5.41) is 24.5. The van der Waals surface area contributed by atoms with Gasteiger partial charge < -0.3 is 94.5 Å². The van der Waals surface area contributed by atoms with Crippen molar-refractivity contribution in [2.75, 3.05) is 92.4 Å². The number of fused-ring (bicyclic) bond motifs is 2. The van der Waals surface area contributed by atoms with E-state index in [0.717, 1.165) is 25.8 Å². The number of methoxy groups -OCH3 is 1. The summed E-state index contributed by atoms with van der Waals surface area (Å²) in [4.78, 5) is 148. The number of carbonyl (C=O) groups excluding carboxylic acids is 10. The van der Waals surface area contributed by atoms with E-state index in [1.54, 1.807) is 83.8 Å². The van der Waals surface area contributed by atoms with E-state index in [1.165, 1.54) is 72.8 Å². The Bertz CT molecular complexity index is 4100. The smallest absolute Gasteiger partial charge is 0.287 e. The summed E-state index contributed by atoms with van der Waals surface area (Å²) in [5.74, 6) is -3.36. The van der Waals surface area contributed by atoms with Gasteiger partial charge in [-0.15, -0.1) is 0 Å². The highest BCUT2D eigenvalue weighted by molar-refractivity contribution is 6.08. The van der Waals surface area contributed by atoms with Crippen LogP contribution in [0.4, 0.5) is 40.1 Å². The van der Waals surface area contributed by atoms with Crippen LogP contribution in [0.1, 0.15) is 118 Å². The first-order chi connectivity index (χ1) is 44.9. The molecule has 6 aromatic heterocycles. The molecule has 0 unspecified atom stereocenters. The molecule has 2 aliphatic heterocycles. The van der Waals surface area contributed by atoms with E-state index >= 15 is 0 Å². The number of nitrogens with one attached hydrogen (secondary N) is 9. The van der Waals surface area contributed by atoms with Crippen molar-refractivity contribution in [1.82, 2.24) is 63.1 Å². The van der Waals surface area contributed by atoms with E-state index in [2.05, 4.69) is 62.8 Å². The molecule has 10 amide bonds. The lowest BCUT2D eigenvalue weighted by molar-refractivity contribution is -0.117. The number of carbonyl (C=O) groups is 10. The number of ether oxygens (including phenoxy) is 2. The van der Waals surface area contributed by atoms with E-state index in [-0.39, 0.29) is 109 Å². The van der Waals surface area contributed by atoms with Gasteiger partial charge in [0.15, 0.2) is 23.1 Å². The van der Waals surface area contributed by atoms with Gasteiger partial charge in [0.05, 0.1) is 53.8 Å². The molecule has 0 saturated carbocycles. The summed E-state index contributed by atoms with van der Waals surface area (Å²) in [6.07, 6.45) is 13.7. The van der Waals surface area contributed by atoms with Crippen LogP contribution in [0.25, 0.3) is 0 Å². The van der Waals surface area contributed by atoms with Crippen LogP contribution in [-0.2, 0) is 56.7 Å². The van der Waals surface area contributed by atoms with Gasteiger partial charge in [-0.05, 0) is 76.7 Å². The first kappa shape index (κ1) is 67.1. The van der Waals surface area contributed by atoms with Crippen LogP contribution < -0.4 is 57.3 Å². The molecule has 2 aliphatic rings. The molecule has 496 valence electrons. The van der Waals surface area contributed by atoms with E-state index in [4.69, 9.17) is 9.47 Å². The highest BCUT2D eigenvalue weighted by atomic mass is 16.5. The summed E-state index contributed by atoms with van der Waals surface area (Å²) >= 11 is 0. The molecule has 1 saturated heterocycles. The van der Waals surface area contributed by atoms with Gasteiger partial charge >= 0.3 is 0 Å². The Morgan fingerprint density at radius 1 is 0.521 bits per heavy atom. The molecule has 32 heteroatoms. The largest absolute Gasteiger partial charge is 0.493 e. The Hall–Kier alpha value is -11.3. The van der Waals surface area contributed by atoms with E-state index in [0.29, 0.717) is 65.0 Å². The van der Waals surface area contributed by atoms with Crippen LogP contribution in [0.3, 0.4) is 0 Å². The molecule has 0 radical (unpaired) electrons. The zero-order valence-corrected chi connectivity index (χ0v) is 53.6. The summed E-state index contributed by atoms with van der Waals surface area (Å²) < 4.78 is 20.5. The van der Waals surface area contributed by atoms with E-state index in [1.807, 2.05) is 23.9 Å². The molecular weight excluding hydrogens is 1220 g/mol. The molecule has 1 fully saturated rings. The van der Waals surface area contributed by atoms with Crippen LogP contribution in [0.15, 0.2) is 78.6 Å². The second kappa shape index (κ2) is 29.8. The zero-order chi connectivity index (χ0) is 67.5. The van der Waals surface area contributed by atoms with E-state index in [9.17, 15) is 47.9 Å². The summed E-state index contributed by atoms with van der Waals surface area (Å²) in [6.45, 7) is 1.99. The predicted molar refractivity (Wildman–Crippen MR) is 347 cm³/mol. The summed E-state index contributed by atoms with van der Waals surface area (Å²) in [6, 6.07) is 9.21. The number of anilines is 6. The van der Waals surface area contributed by atoms with Crippen LogP contribution in [0.2, 0.25) is 0 Å². The third-order valence-electron chi connectivity index (χ3n) is 15.3. The molecule has 8 heterocycles. The Kier molecular flexibility index (Phi) is 21.2. The lowest BCUT2D eigenvalue weighted by atomic mass is 10.1. The molecular formula is C62H76N20O12. The van der Waals surface area contributed by atoms with Crippen LogP contribution in [0.5, 0.6) is 11.5 Å². The second-order valence-corrected chi connectivity index (χ2v) is 22.9. The molecule has 32 nitrogen and oxygen atoms in total. The third kappa shape index (κ3) is 16.6. The van der Waals surface area contributed by atoms with E-state index < -0.39 is 41.4 Å². The molecule has 0 aliphatic carbocycles. The minimum Gasteiger partial charge on any atom is -0.493 e. The fourth-order valence-electron chi connectivity index (χ4n) is 10.6. The minimum atomic E-state index is -0.621. The highest BCUT2D eigenvalue weighted by Gasteiger charge is 2.33. The van der Waals surface area contributed by atoms with Crippen molar-refractivity contribution in [1.29, 1.82) is 0 Å². The van der Waals surface area contributed by atoms with Crippen molar-refractivity contribution in [3.05, 3.63) is 114 Å². The Morgan fingerprint density at radius 2 is 0.979 bits per heavy atom. The number of aliphatic imine (C=N–C) groups is 1. The van der Waals surface area contributed by atoms with Crippen molar-refractivity contribution in [2.45, 2.75) is 51.0 Å². The Morgan fingerprint density at radius 3 is 1.48 bits per heavy atom. The maximum absolute atomic E-state index is 13.4. The lowest BCUT2D eigenvalue weighted by Gasteiger charge is -2.20. The van der Waals surface area contributed by atoms with Gasteiger partial charge in [-0.1, -0.05) is 0 Å². The lowest BCUT2D eigenvalue weighted by Crippen LogP contribution is -2.35. The number of rotatable bonds is 28. The van der Waals surface area contributed by atoms with Crippen molar-refractivity contribution in [3.63, 3.8) is 0 Å². The zero-order valence-electron chi connectivity index (χ0n) is 53.6. The van der Waals surface area contributed by atoms with Gasteiger partial charge in [0.1, 0.15) is 22.8 Å². The van der Waals surface area contributed by atoms with Gasteiger partial charge in [0, 0.05) is 137 Å². The van der Waals surface area contributed by atoms with Crippen molar-refractivity contribution in [2.24, 2.45) is 47.3 Å². The maximum atomic E-state index is 13.4. The summed E-state index contributed by atoms with van der Waals surface area (Å²) in [7, 11) is 15.1. The van der Waals surface area contributed by atoms with Crippen LogP contribution >= 0.6 is 0 Å². The quantitative estimate of drug-likeness (QED) is 0.0317. The van der Waals surface area contributed by atoms with Crippen LogP contribution in [-0.4, -0.2) is 179 Å². The number of hydrogen-bond acceptors (Lipinski definition) is 16. The standard InChI is InChI=1S/C62H76N20O12/c1-75(2)20-12-17-63-60(90)54-71-49(34-80(54)7)73-58(88)46-25-38(32-79(46)6)69-53(85)16-19-65-61(91)55-72-50(35-81(55)8)74-59(89)45-24-37(31-78(45)5)68-52(84)15-18-64-56(86)43-26-39(33-76(43)3)70-57(87)44-23-36(30-77(44)4)67-51(83)14-11-22-94-48-28-42-41(27-47(48)93-9)62(92)82-21-10-13-40(82)29-66-42/h23-35,40H,10-22H2,1-9H3,(H,63,90)(H,64,86)(H,65,91)(H,67,83)(H,68,84)(H,69,85)(H,70,87)(H,73,88)(H,74,89)/t40-/m0/s1. The molecule has 0 bridgehead atoms. The highest BCUT2D eigenvalue weighted by Crippen LogP contribution is 2.38. The SMILES string of the molecule is COc1cc2c(cc1OCCCC(=O)Nc1cc(C(=O)Nc3cc(C(=O)NCCC(=O)Nc4cc(C(=O)Nc5cn(C)c(C(=O)NCCC(=O)Nc6cc(C(=O)Nc7cn(C)c(C(=O)NCCCN(C)C)n7)n(C)c6)n5)n(C)c4)n(C)c3)n(C)c1)N=C[C@@H]1CCCN1C2=O. The topological polar surface area (TPSA) is 372 Å². The molecule has 7 aromatic rings. The number of hydrogen-bond donors (Lipinski definition) is 9. The molecule has 94 heavy (non-hydrogen) atoms. The third-order valence-corrected chi connectivity index (χ3v) is 15.3. The first-order valence-electron chi connectivity index (χ1n) is 30.2. The Labute approximate surface area is 539 Å². The van der Waals surface area contributed by atoms with Crippen LogP contribution in [0, 0.1) is 0 Å². The number of amides is 10. The van der Waals surface area contributed by atoms with Gasteiger partial charge in [-0.3, -0.25) is 52.9 Å². The monoisotopic (exact) mass is 1290 g/mol. The van der Waals surface area contributed by atoms with Gasteiger partial charge in [-0.25, -0.2) is 9.97 Å². The average molecular weight is 1290 g/mol. The van der Waals surface area contributed by atoms with Crippen molar-refractivity contribution in [3.8, 4) is 11.5 Å². The summed E-state index contributed by atoms with van der Waals surface area (Å²) in [5.41, 5.74) is 3.05. The molecule has 0 spiro atoms. The van der Waals surface area contributed by atoms with Gasteiger partial charge in [0.25, 0.3) is 41.4 Å². The van der Waals surface area contributed by atoms with Gasteiger partial charge in [0.2, 0.25) is 29.4 Å². The molecule has 1 atom stereocenters. The maximum Gasteiger partial charge on any atom is 0.287 e. The number of nitrogens with zero attached hydrogens (tertiary/aromatic N) is 11. The second-order valence-electron chi connectivity index (χ2n) is 22.9.